The molecule has 482 valence electrons. The predicted octanol–water partition coefficient (Wildman–Crippen LogP) is 24.0. The summed E-state index contributed by atoms with van der Waals surface area (Å²) < 4.78 is 5.51. The second kappa shape index (κ2) is 71.3. The molecule has 0 bridgehead atoms. The standard InChI is InChI=1S/C76H143NO5/c1-3-5-7-9-11-13-15-17-19-21-23-29-33-36-40-44-48-52-56-60-64-68-74(79)73(72-78)77-75(80)69-65-61-57-53-49-45-41-37-34-30-27-25-24-26-28-31-35-39-43-47-51-55-59-63-67-71-82-76(81)70-66-62-58-54-50-46-42-38-32-22-20-18-16-14-12-10-8-6-4-2/h12,14,18,20,25,27,64,68,73-74,78-79H,3-11,13,15-17,19,21-24,26,28-63,65-67,69-72H2,1-2H3,(H,77,80)/b14-12-,20-18-,27-25-,68-64+. The monoisotopic (exact) mass is 1150 g/mol. The molecule has 2 unspecified atom stereocenters. The van der Waals surface area contributed by atoms with Gasteiger partial charge in [0, 0.05) is 12.8 Å². The van der Waals surface area contributed by atoms with Crippen LogP contribution in [0.4, 0.5) is 0 Å². The Kier molecular flexibility index (Phi) is 69.4. The Morgan fingerprint density at radius 1 is 0.341 bits per heavy atom. The SMILES string of the molecule is CCCCC/C=C\C/C=C\CCCCCCCCCCCC(=O)OCCCCCCCCCCCCCC/C=C\CCCCCCCCCCCC(=O)NC(CO)C(O)/C=C/CCCCCCCCCCCCCCCCCCCCC. The van der Waals surface area contributed by atoms with E-state index in [2.05, 4.69) is 55.6 Å². The summed E-state index contributed by atoms with van der Waals surface area (Å²) in [5.41, 5.74) is 0. The van der Waals surface area contributed by atoms with Gasteiger partial charge < -0.3 is 20.3 Å². The molecule has 3 N–H and O–H groups in total. The Bertz CT molecular complexity index is 1370. The fraction of sp³-hybridized carbons (Fsp3) is 0.868. The number of ether oxygens (including phenoxy) is 1. The van der Waals surface area contributed by atoms with Gasteiger partial charge in [0.05, 0.1) is 25.4 Å². The molecule has 0 fully saturated rings. The van der Waals surface area contributed by atoms with Gasteiger partial charge in [0.2, 0.25) is 5.91 Å². The highest BCUT2D eigenvalue weighted by atomic mass is 16.5. The summed E-state index contributed by atoms with van der Waals surface area (Å²) in [6.45, 7) is 4.91. The molecule has 0 spiro atoms. The lowest BCUT2D eigenvalue weighted by Gasteiger charge is -2.20. The number of carbonyl (C=O) groups excluding carboxylic acids is 2. The largest absolute Gasteiger partial charge is 0.466 e. The quantitative estimate of drug-likeness (QED) is 0.0320. The van der Waals surface area contributed by atoms with Crippen LogP contribution in [0.2, 0.25) is 0 Å². The van der Waals surface area contributed by atoms with Crippen LogP contribution in [0, 0.1) is 0 Å². The Morgan fingerprint density at radius 2 is 0.610 bits per heavy atom. The average Bonchev–Trinajstić information content (AvgIpc) is 3.48. The first kappa shape index (κ1) is 79.8. The smallest absolute Gasteiger partial charge is 0.305 e. The van der Waals surface area contributed by atoms with Crippen molar-refractivity contribution < 1.29 is 24.5 Å². The van der Waals surface area contributed by atoms with Gasteiger partial charge in [-0.3, -0.25) is 9.59 Å². The van der Waals surface area contributed by atoms with Gasteiger partial charge in [0.1, 0.15) is 0 Å². The summed E-state index contributed by atoms with van der Waals surface area (Å²) in [6, 6.07) is -0.632. The van der Waals surface area contributed by atoms with E-state index < -0.39 is 12.1 Å². The van der Waals surface area contributed by atoms with E-state index in [-0.39, 0.29) is 18.5 Å². The zero-order valence-electron chi connectivity index (χ0n) is 55.2. The molecule has 0 aliphatic heterocycles. The Morgan fingerprint density at radius 3 is 0.963 bits per heavy atom. The lowest BCUT2D eigenvalue weighted by Crippen LogP contribution is -2.45. The van der Waals surface area contributed by atoms with Crippen LogP contribution in [-0.2, 0) is 14.3 Å². The molecule has 0 heterocycles. The van der Waals surface area contributed by atoms with Crippen molar-refractivity contribution >= 4 is 11.9 Å². The lowest BCUT2D eigenvalue weighted by atomic mass is 10.0. The van der Waals surface area contributed by atoms with E-state index in [1.165, 1.54) is 321 Å². The van der Waals surface area contributed by atoms with E-state index in [1.54, 1.807) is 6.08 Å². The minimum absolute atomic E-state index is 0.00965. The molecule has 0 aliphatic carbocycles. The van der Waals surface area contributed by atoms with Crippen molar-refractivity contribution in [2.45, 2.75) is 411 Å². The van der Waals surface area contributed by atoms with Crippen molar-refractivity contribution in [3.63, 3.8) is 0 Å². The molecule has 0 aliphatic rings. The number of esters is 1. The molecule has 82 heavy (non-hydrogen) atoms. The average molecular weight is 1150 g/mol. The van der Waals surface area contributed by atoms with Crippen molar-refractivity contribution in [2.24, 2.45) is 0 Å². The van der Waals surface area contributed by atoms with E-state index in [0.717, 1.165) is 51.4 Å². The van der Waals surface area contributed by atoms with Crippen LogP contribution in [-0.4, -0.2) is 47.4 Å². The number of nitrogens with one attached hydrogen (secondary N) is 1. The van der Waals surface area contributed by atoms with Gasteiger partial charge in [0.25, 0.3) is 0 Å². The Hall–Kier alpha value is -2.18. The van der Waals surface area contributed by atoms with Gasteiger partial charge in [-0.05, 0) is 89.9 Å². The van der Waals surface area contributed by atoms with E-state index in [9.17, 15) is 19.8 Å². The van der Waals surface area contributed by atoms with Crippen LogP contribution in [0.25, 0.3) is 0 Å². The highest BCUT2D eigenvalue weighted by molar-refractivity contribution is 5.76. The van der Waals surface area contributed by atoms with Crippen LogP contribution in [0.15, 0.2) is 48.6 Å². The third-order valence-electron chi connectivity index (χ3n) is 17.1. The second-order valence-electron chi connectivity index (χ2n) is 25.3. The number of amides is 1. The molecular weight excluding hydrogens is 1010 g/mol. The second-order valence-corrected chi connectivity index (χ2v) is 25.3. The Labute approximate surface area is 512 Å². The highest BCUT2D eigenvalue weighted by Crippen LogP contribution is 2.18. The van der Waals surface area contributed by atoms with Gasteiger partial charge in [-0.15, -0.1) is 0 Å². The fourth-order valence-corrected chi connectivity index (χ4v) is 11.4. The van der Waals surface area contributed by atoms with Gasteiger partial charge in [-0.25, -0.2) is 0 Å². The van der Waals surface area contributed by atoms with Crippen molar-refractivity contribution in [1.29, 1.82) is 0 Å². The molecule has 1 amide bonds. The third kappa shape index (κ3) is 67.0. The van der Waals surface area contributed by atoms with E-state index in [0.29, 0.717) is 19.4 Å². The molecule has 0 radical (unpaired) electrons. The number of allylic oxidation sites excluding steroid dienone is 7. The number of rotatable bonds is 69. The van der Waals surface area contributed by atoms with Gasteiger partial charge in [-0.1, -0.05) is 345 Å². The van der Waals surface area contributed by atoms with Gasteiger partial charge in [-0.2, -0.15) is 0 Å². The van der Waals surface area contributed by atoms with Crippen LogP contribution >= 0.6 is 0 Å². The normalized spacial score (nSPS) is 12.8. The zero-order valence-corrected chi connectivity index (χ0v) is 55.2. The minimum Gasteiger partial charge on any atom is -0.466 e. The van der Waals surface area contributed by atoms with Crippen molar-refractivity contribution in [3.05, 3.63) is 48.6 Å². The summed E-state index contributed by atoms with van der Waals surface area (Å²) in [5.74, 6) is -0.0581. The van der Waals surface area contributed by atoms with Crippen LogP contribution in [0.3, 0.4) is 0 Å². The number of unbranched alkanes of at least 4 members (excludes halogenated alkanes) is 52. The number of hydrogen-bond acceptors (Lipinski definition) is 5. The van der Waals surface area contributed by atoms with Crippen LogP contribution in [0.5, 0.6) is 0 Å². The maximum absolute atomic E-state index is 12.5. The van der Waals surface area contributed by atoms with Gasteiger partial charge >= 0.3 is 5.97 Å². The van der Waals surface area contributed by atoms with Crippen molar-refractivity contribution in [3.8, 4) is 0 Å². The van der Waals surface area contributed by atoms with Gasteiger partial charge in [0.15, 0.2) is 0 Å². The van der Waals surface area contributed by atoms with Crippen LogP contribution < -0.4 is 5.32 Å². The third-order valence-corrected chi connectivity index (χ3v) is 17.1. The fourth-order valence-electron chi connectivity index (χ4n) is 11.4. The molecule has 0 aromatic heterocycles. The molecule has 0 aromatic rings. The maximum atomic E-state index is 12.5. The predicted molar refractivity (Wildman–Crippen MR) is 361 cm³/mol. The molecule has 0 saturated heterocycles. The molecular formula is C76H143NO5. The lowest BCUT2D eigenvalue weighted by molar-refractivity contribution is -0.143. The maximum Gasteiger partial charge on any atom is 0.305 e. The summed E-state index contributed by atoms with van der Waals surface area (Å²) >= 11 is 0. The number of carbonyl (C=O) groups is 2. The van der Waals surface area contributed by atoms with E-state index in [1.807, 2.05) is 6.08 Å². The zero-order chi connectivity index (χ0) is 59.2. The molecule has 6 heteroatoms. The first-order valence-electron chi connectivity index (χ1n) is 36.9. The first-order valence-corrected chi connectivity index (χ1v) is 36.9. The summed E-state index contributed by atoms with van der Waals surface area (Å²) in [5, 5.41) is 23.3. The molecule has 6 nitrogen and oxygen atoms in total. The number of hydrogen-bond donors (Lipinski definition) is 3. The summed E-state index contributed by atoms with van der Waals surface area (Å²) in [7, 11) is 0. The van der Waals surface area contributed by atoms with Crippen LogP contribution in [0.1, 0.15) is 399 Å². The molecule has 0 aromatic carbocycles. The summed E-state index contributed by atoms with van der Waals surface area (Å²) in [6.07, 6.45) is 93.4. The topological polar surface area (TPSA) is 95.9 Å². The molecule has 0 rings (SSSR count). The van der Waals surface area contributed by atoms with E-state index >= 15 is 0 Å². The van der Waals surface area contributed by atoms with Crippen molar-refractivity contribution in [2.75, 3.05) is 13.2 Å². The minimum atomic E-state index is -0.848. The van der Waals surface area contributed by atoms with E-state index in [4.69, 9.17) is 4.74 Å². The first-order chi connectivity index (χ1) is 40.5. The van der Waals surface area contributed by atoms with Crippen molar-refractivity contribution in [1.82, 2.24) is 5.32 Å². The summed E-state index contributed by atoms with van der Waals surface area (Å²) in [4.78, 5) is 24.6. The number of aliphatic hydroxyl groups excluding tert-OH is 2. The molecule has 2 atom stereocenters. The Balaban J connectivity index is 3.41. The number of aliphatic hydroxyl groups is 2. The molecule has 0 saturated carbocycles. The highest BCUT2D eigenvalue weighted by Gasteiger charge is 2.18.